The molecule has 2 N–H and O–H groups in total. The van der Waals surface area contributed by atoms with Crippen LogP contribution in [0.25, 0.3) is 0 Å². The molecule has 1 aromatic rings. The van der Waals surface area contributed by atoms with Gasteiger partial charge in [-0.25, -0.2) is 0 Å². The normalized spacial score (nSPS) is 30.8. The van der Waals surface area contributed by atoms with Crippen molar-refractivity contribution in [3.05, 3.63) is 11.7 Å². The lowest BCUT2D eigenvalue weighted by Gasteiger charge is -2.38. The Balaban J connectivity index is 2.13. The first-order chi connectivity index (χ1) is 8.54. The molecule has 0 bridgehead atoms. The number of hydrogen-bond donors (Lipinski definition) is 1. The van der Waals surface area contributed by atoms with E-state index >= 15 is 0 Å². The van der Waals surface area contributed by atoms with E-state index in [1.165, 1.54) is 0 Å². The standard InChI is InChI=1S/C15H27N3O/c1-13(2,3)12-17-11(18-19-12)9-10-7-8-15(6,16)14(10,4)5/h10H,7-9,16H2,1-6H3/t10-,15-/m0/s1. The van der Waals surface area contributed by atoms with Crippen LogP contribution in [-0.2, 0) is 11.8 Å². The molecule has 0 aromatic carbocycles. The molecule has 108 valence electrons. The lowest BCUT2D eigenvalue weighted by molar-refractivity contribution is 0.162. The minimum absolute atomic E-state index is 0.0845. The molecule has 4 heteroatoms. The van der Waals surface area contributed by atoms with Crippen LogP contribution in [0.4, 0.5) is 0 Å². The maximum atomic E-state index is 6.41. The second-order valence-corrected chi connectivity index (χ2v) is 7.84. The largest absolute Gasteiger partial charge is 0.339 e. The van der Waals surface area contributed by atoms with Gasteiger partial charge in [0.25, 0.3) is 0 Å². The number of nitrogens with zero attached hydrogens (tertiary/aromatic N) is 2. The van der Waals surface area contributed by atoms with Gasteiger partial charge in [0.2, 0.25) is 5.89 Å². The quantitative estimate of drug-likeness (QED) is 0.892. The van der Waals surface area contributed by atoms with Gasteiger partial charge in [0.05, 0.1) is 0 Å². The van der Waals surface area contributed by atoms with Crippen molar-refractivity contribution in [3.63, 3.8) is 0 Å². The van der Waals surface area contributed by atoms with Crippen molar-refractivity contribution in [1.82, 2.24) is 10.1 Å². The van der Waals surface area contributed by atoms with Crippen LogP contribution >= 0.6 is 0 Å². The average Bonchev–Trinajstić information content (AvgIpc) is 2.77. The van der Waals surface area contributed by atoms with Crippen molar-refractivity contribution in [2.24, 2.45) is 17.1 Å². The Hall–Kier alpha value is -0.900. The van der Waals surface area contributed by atoms with Crippen LogP contribution in [-0.4, -0.2) is 15.7 Å². The third kappa shape index (κ3) is 2.55. The molecule has 4 nitrogen and oxygen atoms in total. The predicted molar refractivity (Wildman–Crippen MR) is 75.8 cm³/mol. The van der Waals surface area contributed by atoms with Gasteiger partial charge in [-0.05, 0) is 31.1 Å². The van der Waals surface area contributed by atoms with Crippen LogP contribution in [0.1, 0.15) is 66.1 Å². The molecule has 1 aromatic heterocycles. The second kappa shape index (κ2) is 4.30. The Morgan fingerprint density at radius 3 is 2.37 bits per heavy atom. The molecule has 1 aliphatic rings. The molecular weight excluding hydrogens is 238 g/mol. The van der Waals surface area contributed by atoms with E-state index in [9.17, 15) is 0 Å². The molecule has 1 saturated carbocycles. The number of hydrogen-bond acceptors (Lipinski definition) is 4. The molecule has 2 atom stereocenters. The highest BCUT2D eigenvalue weighted by Crippen LogP contribution is 2.49. The molecule has 0 unspecified atom stereocenters. The molecule has 0 amide bonds. The highest BCUT2D eigenvalue weighted by molar-refractivity contribution is 5.07. The summed E-state index contributed by atoms with van der Waals surface area (Å²) in [5, 5.41) is 4.13. The Morgan fingerprint density at radius 2 is 1.95 bits per heavy atom. The molecule has 19 heavy (non-hydrogen) atoms. The van der Waals surface area contributed by atoms with Crippen LogP contribution in [0.3, 0.4) is 0 Å². The summed E-state index contributed by atoms with van der Waals surface area (Å²) in [4.78, 5) is 4.54. The average molecular weight is 265 g/mol. The Bertz CT molecular complexity index is 454. The minimum atomic E-state index is -0.103. The first-order valence-electron chi connectivity index (χ1n) is 7.16. The van der Waals surface area contributed by atoms with Crippen LogP contribution in [0, 0.1) is 11.3 Å². The van der Waals surface area contributed by atoms with Crippen LogP contribution in [0.5, 0.6) is 0 Å². The summed E-state index contributed by atoms with van der Waals surface area (Å²) >= 11 is 0. The summed E-state index contributed by atoms with van der Waals surface area (Å²) < 4.78 is 5.37. The van der Waals surface area contributed by atoms with Crippen LogP contribution in [0.15, 0.2) is 4.52 Å². The van der Waals surface area contributed by atoms with E-state index in [-0.39, 0.29) is 16.4 Å². The predicted octanol–water partition coefficient (Wildman–Crippen LogP) is 3.06. The Labute approximate surface area is 116 Å². The molecule has 0 aliphatic heterocycles. The van der Waals surface area contributed by atoms with Gasteiger partial charge in [-0.1, -0.05) is 39.8 Å². The van der Waals surface area contributed by atoms with E-state index in [1.807, 2.05) is 0 Å². The van der Waals surface area contributed by atoms with Gasteiger partial charge >= 0.3 is 0 Å². The number of nitrogens with two attached hydrogens (primary N) is 1. The van der Waals surface area contributed by atoms with Crippen molar-refractivity contribution in [2.75, 3.05) is 0 Å². The first-order valence-corrected chi connectivity index (χ1v) is 7.16. The summed E-state index contributed by atoms with van der Waals surface area (Å²) in [7, 11) is 0. The van der Waals surface area contributed by atoms with Gasteiger partial charge in [-0.15, -0.1) is 0 Å². The topological polar surface area (TPSA) is 64.9 Å². The van der Waals surface area contributed by atoms with E-state index < -0.39 is 0 Å². The van der Waals surface area contributed by atoms with Crippen molar-refractivity contribution in [1.29, 1.82) is 0 Å². The van der Waals surface area contributed by atoms with Gasteiger partial charge in [-0.3, -0.25) is 0 Å². The zero-order valence-corrected chi connectivity index (χ0v) is 13.1. The Morgan fingerprint density at radius 1 is 1.32 bits per heavy atom. The van der Waals surface area contributed by atoms with Gasteiger partial charge in [0.1, 0.15) is 0 Å². The SMILES string of the molecule is CC(C)(C)c1nc(C[C@@H]2CC[C@](C)(N)C2(C)C)no1. The van der Waals surface area contributed by atoms with E-state index in [1.54, 1.807) is 0 Å². The lowest BCUT2D eigenvalue weighted by atomic mass is 9.71. The minimum Gasteiger partial charge on any atom is -0.339 e. The number of rotatable bonds is 2. The summed E-state index contributed by atoms with van der Waals surface area (Å²) in [5.41, 5.74) is 6.33. The van der Waals surface area contributed by atoms with Gasteiger partial charge in [-0.2, -0.15) is 4.98 Å². The third-order valence-electron chi connectivity index (χ3n) is 5.04. The second-order valence-electron chi connectivity index (χ2n) is 7.84. The summed E-state index contributed by atoms with van der Waals surface area (Å²) in [6.07, 6.45) is 3.06. The first kappa shape index (κ1) is 14.5. The lowest BCUT2D eigenvalue weighted by Crippen LogP contribution is -2.48. The van der Waals surface area contributed by atoms with Crippen molar-refractivity contribution < 1.29 is 4.52 Å². The van der Waals surface area contributed by atoms with Crippen molar-refractivity contribution in [2.45, 2.75) is 71.8 Å². The zero-order valence-electron chi connectivity index (χ0n) is 13.1. The maximum absolute atomic E-state index is 6.41. The molecule has 1 aliphatic carbocycles. The molecule has 1 heterocycles. The molecule has 0 saturated heterocycles. The molecule has 0 spiro atoms. The molecule has 1 fully saturated rings. The summed E-state index contributed by atoms with van der Waals surface area (Å²) in [5.74, 6) is 2.06. The van der Waals surface area contributed by atoms with Gasteiger partial charge < -0.3 is 10.3 Å². The van der Waals surface area contributed by atoms with E-state index in [0.29, 0.717) is 11.8 Å². The fraction of sp³-hybridized carbons (Fsp3) is 0.867. The summed E-state index contributed by atoms with van der Waals surface area (Å²) in [6.45, 7) is 12.9. The van der Waals surface area contributed by atoms with Gasteiger partial charge in [0, 0.05) is 17.4 Å². The third-order valence-corrected chi connectivity index (χ3v) is 5.04. The highest BCUT2D eigenvalue weighted by atomic mass is 16.5. The Kier molecular flexibility index (Phi) is 3.28. The smallest absolute Gasteiger partial charge is 0.232 e. The monoisotopic (exact) mass is 265 g/mol. The fourth-order valence-electron chi connectivity index (χ4n) is 2.84. The van der Waals surface area contributed by atoms with E-state index in [2.05, 4.69) is 51.7 Å². The van der Waals surface area contributed by atoms with E-state index in [0.717, 1.165) is 25.1 Å². The van der Waals surface area contributed by atoms with Crippen molar-refractivity contribution >= 4 is 0 Å². The highest BCUT2D eigenvalue weighted by Gasteiger charge is 2.49. The summed E-state index contributed by atoms with van der Waals surface area (Å²) in [6, 6.07) is 0. The molecule has 0 radical (unpaired) electrons. The fourth-order valence-corrected chi connectivity index (χ4v) is 2.84. The maximum Gasteiger partial charge on any atom is 0.232 e. The van der Waals surface area contributed by atoms with E-state index in [4.69, 9.17) is 10.3 Å². The molecule has 2 rings (SSSR count). The van der Waals surface area contributed by atoms with Crippen molar-refractivity contribution in [3.8, 4) is 0 Å². The van der Waals surface area contributed by atoms with Gasteiger partial charge in [0.15, 0.2) is 5.82 Å². The number of aromatic nitrogens is 2. The molecular formula is C15H27N3O. The zero-order chi connectivity index (χ0) is 14.5. The van der Waals surface area contributed by atoms with Crippen LogP contribution in [0.2, 0.25) is 0 Å². The van der Waals surface area contributed by atoms with Crippen LogP contribution < -0.4 is 5.73 Å².